The Morgan fingerprint density at radius 3 is 2.65 bits per heavy atom. The summed E-state index contributed by atoms with van der Waals surface area (Å²) in [5.74, 6) is 0.538. The van der Waals surface area contributed by atoms with Crippen LogP contribution >= 0.6 is 0 Å². The average molecular weight is 260 g/mol. The molecule has 4 nitrogen and oxygen atoms in total. The van der Waals surface area contributed by atoms with Gasteiger partial charge >= 0.3 is 0 Å². The van der Waals surface area contributed by atoms with E-state index in [1.165, 1.54) is 5.56 Å². The number of aromatic nitrogens is 1. The van der Waals surface area contributed by atoms with Gasteiger partial charge in [0.25, 0.3) is 0 Å². The molecule has 1 N–H and O–H groups in total. The monoisotopic (exact) mass is 260 g/mol. The highest BCUT2D eigenvalue weighted by Crippen LogP contribution is 2.27. The minimum atomic E-state index is 0.526. The van der Waals surface area contributed by atoms with Crippen molar-refractivity contribution in [2.75, 3.05) is 5.32 Å². The van der Waals surface area contributed by atoms with E-state index in [-0.39, 0.29) is 0 Å². The first-order chi connectivity index (χ1) is 9.81. The fourth-order valence-corrected chi connectivity index (χ4v) is 2.47. The van der Waals surface area contributed by atoms with Gasteiger partial charge in [-0.15, -0.1) is 0 Å². The number of aryl methyl sites for hydroxylation is 2. The van der Waals surface area contributed by atoms with Gasteiger partial charge in [-0.1, -0.05) is 12.1 Å². The molecule has 20 heavy (non-hydrogen) atoms. The predicted octanol–water partition coefficient (Wildman–Crippen LogP) is 3.06. The summed E-state index contributed by atoms with van der Waals surface area (Å²) in [4.78, 5) is 4.55. The molecule has 4 heteroatoms. The number of rotatable bonds is 2. The first kappa shape index (κ1) is 12.2. The van der Waals surface area contributed by atoms with Crippen LogP contribution in [0.25, 0.3) is 0 Å². The van der Waals surface area contributed by atoms with Crippen molar-refractivity contribution >= 4 is 11.5 Å². The Bertz CT molecular complexity index is 750. The molecular formula is C16H12N4. The zero-order valence-corrected chi connectivity index (χ0v) is 10.8. The van der Waals surface area contributed by atoms with Crippen molar-refractivity contribution in [2.45, 2.75) is 19.3 Å². The van der Waals surface area contributed by atoms with Gasteiger partial charge in [0.15, 0.2) is 0 Å². The van der Waals surface area contributed by atoms with Crippen LogP contribution in [0.5, 0.6) is 0 Å². The Labute approximate surface area is 117 Å². The maximum absolute atomic E-state index is 9.26. The van der Waals surface area contributed by atoms with E-state index in [1.54, 1.807) is 6.07 Å². The van der Waals surface area contributed by atoms with Gasteiger partial charge in [-0.05, 0) is 43.0 Å². The molecule has 2 aromatic rings. The summed E-state index contributed by atoms with van der Waals surface area (Å²) in [6.07, 6.45) is 3.03. The Morgan fingerprint density at radius 1 is 1.05 bits per heavy atom. The summed E-state index contributed by atoms with van der Waals surface area (Å²) in [6, 6.07) is 13.4. The molecule has 0 bridgehead atoms. The van der Waals surface area contributed by atoms with Crippen molar-refractivity contribution in [2.24, 2.45) is 0 Å². The van der Waals surface area contributed by atoms with E-state index < -0.39 is 0 Å². The van der Waals surface area contributed by atoms with Crippen LogP contribution in [0.15, 0.2) is 30.3 Å². The minimum Gasteiger partial charge on any atom is -0.338 e. The molecule has 1 aliphatic rings. The van der Waals surface area contributed by atoms with Crippen LogP contribution < -0.4 is 5.32 Å². The molecule has 0 spiro atoms. The molecule has 1 aromatic heterocycles. The number of para-hydroxylation sites is 1. The van der Waals surface area contributed by atoms with E-state index in [0.717, 1.165) is 25.0 Å². The van der Waals surface area contributed by atoms with Crippen molar-refractivity contribution in [3.05, 3.63) is 52.7 Å². The topological polar surface area (TPSA) is 72.5 Å². The number of nitrogens with one attached hydrogen (secondary N) is 1. The molecule has 3 rings (SSSR count). The molecule has 0 amide bonds. The molecule has 1 aliphatic carbocycles. The second-order valence-electron chi connectivity index (χ2n) is 4.74. The zero-order valence-electron chi connectivity index (χ0n) is 10.8. The highest BCUT2D eigenvalue weighted by atomic mass is 15.0. The summed E-state index contributed by atoms with van der Waals surface area (Å²) in [6.45, 7) is 0. The highest BCUT2D eigenvalue weighted by molar-refractivity contribution is 5.68. The average Bonchev–Trinajstić information content (AvgIpc) is 2.94. The van der Waals surface area contributed by atoms with Crippen LogP contribution in [0.1, 0.15) is 28.8 Å². The molecule has 0 radical (unpaired) electrons. The number of pyridine rings is 1. The SMILES string of the molecule is N#Cc1ccccc1Nc1nc2c(cc1C#N)CCC2. The lowest BCUT2D eigenvalue weighted by atomic mass is 10.1. The third-order valence-corrected chi connectivity index (χ3v) is 3.47. The molecule has 1 aromatic carbocycles. The second-order valence-corrected chi connectivity index (χ2v) is 4.74. The van der Waals surface area contributed by atoms with Crippen LogP contribution in [0.4, 0.5) is 11.5 Å². The van der Waals surface area contributed by atoms with Crippen molar-refractivity contribution in [3.63, 3.8) is 0 Å². The minimum absolute atomic E-state index is 0.526. The Kier molecular flexibility index (Phi) is 3.07. The predicted molar refractivity (Wildman–Crippen MR) is 75.4 cm³/mol. The maximum atomic E-state index is 9.26. The van der Waals surface area contributed by atoms with Crippen LogP contribution in [0, 0.1) is 22.7 Å². The summed E-state index contributed by atoms with van der Waals surface area (Å²) < 4.78 is 0. The summed E-state index contributed by atoms with van der Waals surface area (Å²) in [5, 5.41) is 21.5. The lowest BCUT2D eigenvalue weighted by Crippen LogP contribution is -2.02. The van der Waals surface area contributed by atoms with Crippen molar-refractivity contribution in [3.8, 4) is 12.1 Å². The van der Waals surface area contributed by atoms with E-state index in [4.69, 9.17) is 5.26 Å². The number of nitriles is 2. The fraction of sp³-hybridized carbons (Fsp3) is 0.188. The molecule has 1 heterocycles. The number of benzene rings is 1. The van der Waals surface area contributed by atoms with E-state index in [1.807, 2.05) is 24.3 Å². The first-order valence-corrected chi connectivity index (χ1v) is 6.51. The second kappa shape index (κ2) is 5.03. The van der Waals surface area contributed by atoms with Gasteiger partial charge in [0, 0.05) is 5.69 Å². The Hall–Kier alpha value is -2.85. The number of hydrogen-bond acceptors (Lipinski definition) is 4. The lowest BCUT2D eigenvalue weighted by molar-refractivity contribution is 0.900. The number of nitrogens with zero attached hydrogens (tertiary/aromatic N) is 3. The van der Waals surface area contributed by atoms with Gasteiger partial charge < -0.3 is 5.32 Å². The summed E-state index contributed by atoms with van der Waals surface area (Å²) in [5.41, 5.74) is 3.97. The van der Waals surface area contributed by atoms with Crippen molar-refractivity contribution in [1.82, 2.24) is 4.98 Å². The standard InChI is InChI=1S/C16H12N4/c17-9-12-4-1-2-6-15(12)20-16-13(10-18)8-11-5-3-7-14(11)19-16/h1-2,4,6,8H,3,5,7H2,(H,19,20). The quantitative estimate of drug-likeness (QED) is 0.900. The molecule has 0 saturated carbocycles. The largest absolute Gasteiger partial charge is 0.338 e. The number of hydrogen-bond donors (Lipinski definition) is 1. The maximum Gasteiger partial charge on any atom is 0.148 e. The van der Waals surface area contributed by atoms with Crippen molar-refractivity contribution in [1.29, 1.82) is 10.5 Å². The molecule has 96 valence electrons. The fourth-order valence-electron chi connectivity index (χ4n) is 2.47. The molecule has 0 saturated heterocycles. The molecule has 0 aliphatic heterocycles. The van der Waals surface area contributed by atoms with Gasteiger partial charge in [-0.2, -0.15) is 10.5 Å². The van der Waals surface area contributed by atoms with E-state index in [2.05, 4.69) is 22.4 Å². The third-order valence-electron chi connectivity index (χ3n) is 3.47. The Balaban J connectivity index is 2.03. The highest BCUT2D eigenvalue weighted by Gasteiger charge is 2.17. The molecule has 0 atom stereocenters. The number of fused-ring (bicyclic) bond motifs is 1. The van der Waals surface area contributed by atoms with Gasteiger partial charge in [-0.3, -0.25) is 0 Å². The molecular weight excluding hydrogens is 248 g/mol. The first-order valence-electron chi connectivity index (χ1n) is 6.51. The van der Waals surface area contributed by atoms with Crippen LogP contribution in [0.2, 0.25) is 0 Å². The lowest BCUT2D eigenvalue weighted by Gasteiger charge is -2.10. The van der Waals surface area contributed by atoms with Gasteiger partial charge in [-0.25, -0.2) is 4.98 Å². The third kappa shape index (κ3) is 2.08. The van der Waals surface area contributed by atoms with Gasteiger partial charge in [0.2, 0.25) is 0 Å². The molecule has 0 fully saturated rings. The van der Waals surface area contributed by atoms with E-state index >= 15 is 0 Å². The summed E-state index contributed by atoms with van der Waals surface area (Å²) >= 11 is 0. The van der Waals surface area contributed by atoms with Crippen LogP contribution in [-0.2, 0) is 12.8 Å². The Morgan fingerprint density at radius 2 is 1.85 bits per heavy atom. The van der Waals surface area contributed by atoms with Gasteiger partial charge in [0.05, 0.1) is 16.8 Å². The van der Waals surface area contributed by atoms with E-state index in [9.17, 15) is 5.26 Å². The van der Waals surface area contributed by atoms with E-state index in [0.29, 0.717) is 22.6 Å². The molecule has 0 unspecified atom stereocenters. The van der Waals surface area contributed by atoms with Crippen LogP contribution in [-0.4, -0.2) is 4.98 Å². The number of anilines is 2. The van der Waals surface area contributed by atoms with Crippen molar-refractivity contribution < 1.29 is 0 Å². The van der Waals surface area contributed by atoms with Gasteiger partial charge in [0.1, 0.15) is 18.0 Å². The smallest absolute Gasteiger partial charge is 0.148 e. The normalized spacial score (nSPS) is 12.3. The van der Waals surface area contributed by atoms with Crippen LogP contribution in [0.3, 0.4) is 0 Å². The zero-order chi connectivity index (χ0) is 13.9. The summed E-state index contributed by atoms with van der Waals surface area (Å²) in [7, 11) is 0.